The summed E-state index contributed by atoms with van der Waals surface area (Å²) in [4.78, 5) is 0. The molecule has 1 unspecified atom stereocenters. The van der Waals surface area contributed by atoms with Crippen molar-refractivity contribution < 1.29 is 4.74 Å². The highest BCUT2D eigenvalue weighted by atomic mass is 16.5. The monoisotopic (exact) mass is 183 g/mol. The lowest BCUT2D eigenvalue weighted by atomic mass is 10.0. The first kappa shape index (κ1) is 14.6. The third-order valence-electron chi connectivity index (χ3n) is 1.54. The Hall–Kier alpha value is -0.890. The van der Waals surface area contributed by atoms with Crippen LogP contribution in [0.4, 0.5) is 0 Å². The Morgan fingerprint density at radius 2 is 2.08 bits per heavy atom. The number of allylic oxidation sites excluding steroid dienone is 2. The number of methoxy groups -OCH3 is 1. The Bertz CT molecular complexity index is 161. The largest absolute Gasteiger partial charge is 0.384 e. The van der Waals surface area contributed by atoms with E-state index in [0.29, 0.717) is 6.61 Å². The van der Waals surface area contributed by atoms with E-state index in [9.17, 15) is 0 Å². The highest BCUT2D eigenvalue weighted by molar-refractivity contribution is 5.63. The summed E-state index contributed by atoms with van der Waals surface area (Å²) in [6, 6.07) is 0. The van der Waals surface area contributed by atoms with Crippen LogP contribution in [-0.2, 0) is 4.74 Å². The molecule has 1 atom stereocenters. The highest BCUT2D eigenvalue weighted by Crippen LogP contribution is 2.09. The minimum absolute atomic E-state index is 0.0579. The van der Waals surface area contributed by atoms with Crippen LogP contribution >= 0.6 is 0 Å². The van der Waals surface area contributed by atoms with Gasteiger partial charge < -0.3 is 10.1 Å². The average Bonchev–Trinajstić information content (AvgIpc) is 2.21. The van der Waals surface area contributed by atoms with Crippen molar-refractivity contribution in [2.45, 2.75) is 20.8 Å². The molecule has 2 nitrogen and oxygen atoms in total. The number of nitrogens with one attached hydrogen (secondary N) is 1. The second kappa shape index (κ2) is 11.1. The topological polar surface area (TPSA) is 33.1 Å². The second-order valence-corrected chi connectivity index (χ2v) is 2.22. The molecule has 0 aliphatic carbocycles. The summed E-state index contributed by atoms with van der Waals surface area (Å²) < 4.78 is 4.94. The molecule has 1 N–H and O–H groups in total. The van der Waals surface area contributed by atoms with Gasteiger partial charge in [0.25, 0.3) is 0 Å². The normalized spacial score (nSPS) is 12.5. The van der Waals surface area contributed by atoms with E-state index in [4.69, 9.17) is 10.1 Å². The fourth-order valence-electron chi connectivity index (χ4n) is 0.903. The predicted octanol–water partition coefficient (Wildman–Crippen LogP) is 3.06. The van der Waals surface area contributed by atoms with Gasteiger partial charge in [0.1, 0.15) is 0 Å². The summed E-state index contributed by atoms with van der Waals surface area (Å²) in [7, 11) is 1.63. The molecule has 0 aliphatic rings. The Balaban J connectivity index is 0. The van der Waals surface area contributed by atoms with Crippen molar-refractivity contribution >= 4 is 6.21 Å². The molecule has 0 aromatic carbocycles. The van der Waals surface area contributed by atoms with E-state index in [1.54, 1.807) is 13.2 Å². The van der Waals surface area contributed by atoms with E-state index in [0.717, 1.165) is 5.57 Å². The van der Waals surface area contributed by atoms with Crippen molar-refractivity contribution in [1.82, 2.24) is 0 Å². The van der Waals surface area contributed by atoms with Crippen molar-refractivity contribution in [2.24, 2.45) is 5.92 Å². The summed E-state index contributed by atoms with van der Waals surface area (Å²) in [6.45, 7) is 10.1. The second-order valence-electron chi connectivity index (χ2n) is 2.22. The minimum Gasteiger partial charge on any atom is -0.384 e. The van der Waals surface area contributed by atoms with Gasteiger partial charge in [-0.3, -0.25) is 0 Å². The fourth-order valence-corrected chi connectivity index (χ4v) is 0.903. The van der Waals surface area contributed by atoms with Crippen LogP contribution in [0.2, 0.25) is 0 Å². The van der Waals surface area contributed by atoms with Gasteiger partial charge in [-0.15, -0.1) is 0 Å². The van der Waals surface area contributed by atoms with Gasteiger partial charge >= 0.3 is 0 Å². The van der Waals surface area contributed by atoms with Crippen LogP contribution in [0.3, 0.4) is 0 Å². The van der Waals surface area contributed by atoms with E-state index < -0.39 is 0 Å². The molecule has 0 aromatic rings. The smallest absolute Gasteiger partial charge is 0.0580 e. The maximum Gasteiger partial charge on any atom is 0.0580 e. The minimum atomic E-state index is 0.0579. The van der Waals surface area contributed by atoms with E-state index in [2.05, 4.69) is 6.58 Å². The van der Waals surface area contributed by atoms with Gasteiger partial charge in [-0.2, -0.15) is 0 Å². The van der Waals surface area contributed by atoms with Crippen LogP contribution < -0.4 is 0 Å². The van der Waals surface area contributed by atoms with Gasteiger partial charge in [-0.1, -0.05) is 32.6 Å². The van der Waals surface area contributed by atoms with E-state index in [-0.39, 0.29) is 5.92 Å². The lowest BCUT2D eigenvalue weighted by molar-refractivity contribution is 0.188. The summed E-state index contributed by atoms with van der Waals surface area (Å²) in [5.74, 6) is 0.0579. The van der Waals surface area contributed by atoms with E-state index in [1.807, 2.05) is 26.8 Å². The van der Waals surface area contributed by atoms with Gasteiger partial charge in [-0.25, -0.2) is 0 Å². The molecule has 0 fully saturated rings. The Kier molecular flexibility index (Phi) is 12.5. The molecule has 0 aliphatic heterocycles. The first-order chi connectivity index (χ1) is 6.29. The zero-order valence-electron chi connectivity index (χ0n) is 9.13. The maximum absolute atomic E-state index is 7.11. The quantitative estimate of drug-likeness (QED) is 0.515. The maximum atomic E-state index is 7.11. The molecule has 0 aromatic heterocycles. The third kappa shape index (κ3) is 6.29. The molecule has 2 heteroatoms. The number of hydrogen-bond acceptors (Lipinski definition) is 2. The van der Waals surface area contributed by atoms with Crippen LogP contribution in [-0.4, -0.2) is 19.9 Å². The zero-order chi connectivity index (χ0) is 10.7. The van der Waals surface area contributed by atoms with E-state index in [1.165, 1.54) is 6.21 Å². The molecule has 0 amide bonds. The molecular formula is C11H21NO. The lowest BCUT2D eigenvalue weighted by Crippen LogP contribution is -2.10. The predicted molar refractivity (Wildman–Crippen MR) is 59.5 cm³/mol. The highest BCUT2D eigenvalue weighted by Gasteiger charge is 2.06. The van der Waals surface area contributed by atoms with Crippen molar-refractivity contribution in [2.75, 3.05) is 13.7 Å². The Morgan fingerprint density at radius 1 is 1.54 bits per heavy atom. The number of hydrogen-bond donors (Lipinski definition) is 1. The summed E-state index contributed by atoms with van der Waals surface area (Å²) in [5.41, 5.74) is 1.04. The Labute approximate surface area is 81.8 Å². The van der Waals surface area contributed by atoms with Crippen LogP contribution in [0, 0.1) is 11.3 Å². The summed E-state index contributed by atoms with van der Waals surface area (Å²) >= 11 is 0. The standard InChI is InChI=1S/C9H15NO.C2H6/c1-4-8(5-2)9(6-10)7-11-3;1-2/h4-6,9-10H,1,7H2,2-3H3;1-2H3/b8-5+,10-6?;. The van der Waals surface area contributed by atoms with Crippen molar-refractivity contribution in [3.63, 3.8) is 0 Å². The van der Waals surface area contributed by atoms with Crippen molar-refractivity contribution in [3.8, 4) is 0 Å². The molecule has 0 rings (SSSR count). The van der Waals surface area contributed by atoms with Gasteiger partial charge in [0, 0.05) is 19.2 Å². The van der Waals surface area contributed by atoms with Gasteiger partial charge in [0.15, 0.2) is 0 Å². The van der Waals surface area contributed by atoms with Gasteiger partial charge in [-0.05, 0) is 12.5 Å². The molecule has 0 bridgehead atoms. The van der Waals surface area contributed by atoms with Crippen LogP contribution in [0.25, 0.3) is 0 Å². The SMILES string of the molecule is C=C/C(=C\C)C(C=N)COC.CC. The Morgan fingerprint density at radius 3 is 2.31 bits per heavy atom. The molecule has 0 spiro atoms. The number of rotatable bonds is 5. The van der Waals surface area contributed by atoms with Crippen LogP contribution in [0.15, 0.2) is 24.3 Å². The molecule has 0 saturated carbocycles. The average molecular weight is 183 g/mol. The molecular weight excluding hydrogens is 162 g/mol. The first-order valence-electron chi connectivity index (χ1n) is 4.58. The van der Waals surface area contributed by atoms with Crippen LogP contribution in [0.5, 0.6) is 0 Å². The third-order valence-corrected chi connectivity index (χ3v) is 1.54. The van der Waals surface area contributed by atoms with Crippen molar-refractivity contribution in [1.29, 1.82) is 5.41 Å². The van der Waals surface area contributed by atoms with Gasteiger partial charge in [0.05, 0.1) is 6.61 Å². The van der Waals surface area contributed by atoms with E-state index >= 15 is 0 Å². The summed E-state index contributed by atoms with van der Waals surface area (Å²) in [6.07, 6.45) is 5.08. The molecule has 0 heterocycles. The fraction of sp³-hybridized carbons (Fsp3) is 0.545. The molecule has 76 valence electrons. The van der Waals surface area contributed by atoms with Gasteiger partial charge in [0.2, 0.25) is 0 Å². The first-order valence-corrected chi connectivity index (χ1v) is 4.58. The molecule has 0 saturated heterocycles. The summed E-state index contributed by atoms with van der Waals surface area (Å²) in [5, 5.41) is 7.11. The number of ether oxygens (including phenoxy) is 1. The van der Waals surface area contributed by atoms with Crippen molar-refractivity contribution in [3.05, 3.63) is 24.3 Å². The zero-order valence-corrected chi connectivity index (χ0v) is 9.13. The molecule has 13 heavy (non-hydrogen) atoms. The van der Waals surface area contributed by atoms with Crippen LogP contribution in [0.1, 0.15) is 20.8 Å². The lowest BCUT2D eigenvalue weighted by Gasteiger charge is -2.10. The molecule has 0 radical (unpaired) electrons.